The van der Waals surface area contributed by atoms with E-state index in [9.17, 15) is 4.79 Å². The lowest BCUT2D eigenvalue weighted by Crippen LogP contribution is -2.60. The second kappa shape index (κ2) is 7.78. The highest BCUT2D eigenvalue weighted by Gasteiger charge is 2.56. The zero-order valence-corrected chi connectivity index (χ0v) is 18.1. The molecule has 2 heterocycles. The molecule has 0 saturated heterocycles. The lowest BCUT2D eigenvalue weighted by molar-refractivity contribution is -0.122. The van der Waals surface area contributed by atoms with Crippen LogP contribution in [0.3, 0.4) is 0 Å². The first-order valence-electron chi connectivity index (χ1n) is 10.7. The molecule has 0 radical (unpaired) electrons. The summed E-state index contributed by atoms with van der Waals surface area (Å²) in [5.74, 6) is 2.36. The topological polar surface area (TPSA) is 95.6 Å². The van der Waals surface area contributed by atoms with Crippen molar-refractivity contribution in [3.63, 3.8) is 0 Å². The van der Waals surface area contributed by atoms with Crippen LogP contribution >= 0.6 is 0 Å². The number of hydrogen-bond donors (Lipinski definition) is 3. The Morgan fingerprint density at radius 2 is 2.07 bits per heavy atom. The number of carbonyl (C=O) groups is 1. The van der Waals surface area contributed by atoms with Crippen LogP contribution in [0.25, 0.3) is 0 Å². The van der Waals surface area contributed by atoms with Gasteiger partial charge in [-0.3, -0.25) is 14.8 Å². The van der Waals surface area contributed by atoms with Crippen LogP contribution in [0.15, 0.2) is 53.7 Å². The van der Waals surface area contributed by atoms with Crippen molar-refractivity contribution in [2.75, 3.05) is 6.54 Å². The Kier molecular flexibility index (Phi) is 5.30. The summed E-state index contributed by atoms with van der Waals surface area (Å²) in [7, 11) is 0. The third kappa shape index (κ3) is 3.80. The highest BCUT2D eigenvalue weighted by Crippen LogP contribution is 2.61. The van der Waals surface area contributed by atoms with Crippen LogP contribution in [0.2, 0.25) is 0 Å². The van der Waals surface area contributed by atoms with Crippen molar-refractivity contribution >= 4 is 11.7 Å². The number of pyridine rings is 1. The summed E-state index contributed by atoms with van der Waals surface area (Å²) in [5.41, 5.74) is 9.13. The smallest absolute Gasteiger partial charge is 0.242 e. The third-order valence-corrected chi connectivity index (χ3v) is 7.37. The van der Waals surface area contributed by atoms with Gasteiger partial charge in [-0.2, -0.15) is 5.10 Å². The fourth-order valence-corrected chi connectivity index (χ4v) is 5.25. The van der Waals surface area contributed by atoms with Gasteiger partial charge in [0.05, 0.1) is 11.4 Å². The molecule has 3 fully saturated rings. The lowest BCUT2D eigenvalue weighted by atomic mass is 9.45. The Balaban J connectivity index is 1.32. The van der Waals surface area contributed by atoms with E-state index in [0.29, 0.717) is 35.5 Å². The fraction of sp³-hybridized carbons (Fsp3) is 0.522. The van der Waals surface area contributed by atoms with Crippen molar-refractivity contribution in [3.8, 4) is 0 Å². The Hall–Kier alpha value is -2.83. The van der Waals surface area contributed by atoms with Gasteiger partial charge in [-0.1, -0.05) is 27.4 Å². The van der Waals surface area contributed by atoms with E-state index in [1.54, 1.807) is 17.4 Å². The molecule has 30 heavy (non-hydrogen) atoms. The number of nitrogens with two attached hydrogens (primary N) is 1. The number of hydrogen-bond acceptors (Lipinski definition) is 6. The number of allylic oxidation sites excluding steroid dienone is 1. The zero-order valence-electron chi connectivity index (χ0n) is 18.1. The van der Waals surface area contributed by atoms with Gasteiger partial charge >= 0.3 is 0 Å². The molecule has 1 aromatic rings. The summed E-state index contributed by atoms with van der Waals surface area (Å²) in [6, 6.07) is 4.13. The highest BCUT2D eigenvalue weighted by atomic mass is 16.2. The average Bonchev–Trinajstić information content (AvgIpc) is 2.71. The van der Waals surface area contributed by atoms with Crippen molar-refractivity contribution in [2.24, 2.45) is 34.0 Å². The maximum Gasteiger partial charge on any atom is 0.242 e. The molecular formula is C23H32N6O. The number of aromatic nitrogens is 1. The van der Waals surface area contributed by atoms with Gasteiger partial charge in [0.15, 0.2) is 5.84 Å². The molecule has 7 heteroatoms. The molecule has 2 bridgehead atoms. The van der Waals surface area contributed by atoms with Crippen molar-refractivity contribution in [3.05, 3.63) is 54.1 Å². The molecule has 4 N–H and O–H groups in total. The minimum atomic E-state index is -0.141. The van der Waals surface area contributed by atoms with Gasteiger partial charge < -0.3 is 16.4 Å². The van der Waals surface area contributed by atoms with Crippen LogP contribution in [0.1, 0.15) is 39.2 Å². The lowest BCUT2D eigenvalue weighted by Gasteiger charge is -2.62. The van der Waals surface area contributed by atoms with Crippen LogP contribution in [0.4, 0.5) is 0 Å². The van der Waals surface area contributed by atoms with E-state index in [-0.39, 0.29) is 12.5 Å². The standard InChI is InChI=1S/C23H32N6O/c1-14-9-20(27-19-11-17-10-18(15(19)2)23(17,3)4)22(24)28-29(14)13-21(30)26-12-16-5-7-25-8-6-16/h5-9,15,17-19,27H,1,10-13H2,2-4H3,(H2,24,28)(H,26,30)/t15-,17+,18?,19-/m1/s1. The first-order chi connectivity index (χ1) is 14.3. The molecule has 160 valence electrons. The van der Waals surface area contributed by atoms with Gasteiger partial charge in [0, 0.05) is 25.0 Å². The Morgan fingerprint density at radius 1 is 1.33 bits per heavy atom. The van der Waals surface area contributed by atoms with Gasteiger partial charge in [-0.15, -0.1) is 0 Å². The van der Waals surface area contributed by atoms with E-state index in [4.69, 9.17) is 5.73 Å². The highest BCUT2D eigenvalue weighted by molar-refractivity contribution is 5.97. The minimum absolute atomic E-state index is 0.0760. The molecule has 3 saturated carbocycles. The number of fused-ring (bicyclic) bond motifs is 2. The van der Waals surface area contributed by atoms with Crippen molar-refractivity contribution in [1.29, 1.82) is 0 Å². The molecule has 1 amide bonds. The molecule has 4 aliphatic rings. The predicted octanol–water partition coefficient (Wildman–Crippen LogP) is 2.34. The zero-order chi connectivity index (χ0) is 21.5. The molecule has 7 nitrogen and oxygen atoms in total. The van der Waals surface area contributed by atoms with Gasteiger partial charge in [0.2, 0.25) is 5.91 Å². The Morgan fingerprint density at radius 3 is 2.73 bits per heavy atom. The molecule has 0 spiro atoms. The van der Waals surface area contributed by atoms with E-state index in [0.717, 1.165) is 29.5 Å². The first-order valence-corrected chi connectivity index (χ1v) is 10.7. The van der Waals surface area contributed by atoms with Crippen molar-refractivity contribution in [1.82, 2.24) is 20.6 Å². The van der Waals surface area contributed by atoms with Gasteiger partial charge in [0.1, 0.15) is 6.54 Å². The summed E-state index contributed by atoms with van der Waals surface area (Å²) in [4.78, 5) is 16.3. The number of amides is 1. The van der Waals surface area contributed by atoms with Crippen LogP contribution in [-0.2, 0) is 11.3 Å². The third-order valence-electron chi connectivity index (χ3n) is 7.37. The van der Waals surface area contributed by atoms with Crippen LogP contribution in [-0.4, -0.2) is 34.3 Å². The predicted molar refractivity (Wildman–Crippen MR) is 118 cm³/mol. The average molecular weight is 409 g/mol. The summed E-state index contributed by atoms with van der Waals surface area (Å²) < 4.78 is 0. The Bertz CT molecular complexity index is 890. The second-order valence-corrected chi connectivity index (χ2v) is 9.43. The fourth-order valence-electron chi connectivity index (χ4n) is 5.25. The van der Waals surface area contributed by atoms with E-state index in [1.807, 2.05) is 18.2 Å². The van der Waals surface area contributed by atoms with Gasteiger partial charge in [0.25, 0.3) is 0 Å². The number of nitrogens with zero attached hydrogens (tertiary/aromatic N) is 3. The summed E-state index contributed by atoms with van der Waals surface area (Å²) in [5, 5.41) is 12.5. The monoisotopic (exact) mass is 408 g/mol. The first kappa shape index (κ1) is 20.4. The van der Waals surface area contributed by atoms with E-state index < -0.39 is 0 Å². The molecule has 0 aromatic carbocycles. The summed E-state index contributed by atoms with van der Waals surface area (Å²) in [6.07, 6.45) is 7.80. The number of rotatable bonds is 6. The molecule has 4 atom stereocenters. The SMILES string of the molecule is C=C1C=C(N[C@@H]2C[C@@H]3CC([C@H]2C)C3(C)C)C(N)=NN1CC(=O)NCc1ccncc1. The van der Waals surface area contributed by atoms with Crippen LogP contribution in [0, 0.1) is 23.2 Å². The maximum absolute atomic E-state index is 12.3. The van der Waals surface area contributed by atoms with E-state index in [1.165, 1.54) is 6.42 Å². The number of carbonyl (C=O) groups excluding carboxylic acids is 1. The van der Waals surface area contributed by atoms with E-state index in [2.05, 4.69) is 48.1 Å². The molecule has 3 aliphatic carbocycles. The number of hydrazone groups is 1. The van der Waals surface area contributed by atoms with Gasteiger partial charge in [-0.05, 0) is 59.8 Å². The van der Waals surface area contributed by atoms with Crippen LogP contribution in [0.5, 0.6) is 0 Å². The summed E-state index contributed by atoms with van der Waals surface area (Å²) >= 11 is 0. The molecule has 5 rings (SSSR count). The van der Waals surface area contributed by atoms with Gasteiger partial charge in [-0.25, -0.2) is 0 Å². The second-order valence-electron chi connectivity index (χ2n) is 9.43. The van der Waals surface area contributed by atoms with Crippen LogP contribution < -0.4 is 16.4 Å². The van der Waals surface area contributed by atoms with Crippen molar-refractivity contribution < 1.29 is 4.79 Å². The molecular weight excluding hydrogens is 376 g/mol. The molecule has 1 aliphatic heterocycles. The van der Waals surface area contributed by atoms with Crippen molar-refractivity contribution in [2.45, 2.75) is 46.2 Å². The minimum Gasteiger partial charge on any atom is -0.381 e. The molecule has 1 aromatic heterocycles. The quantitative estimate of drug-likeness (QED) is 0.672. The number of nitrogens with one attached hydrogen (secondary N) is 2. The molecule has 1 unspecified atom stereocenters. The maximum atomic E-state index is 12.3. The largest absolute Gasteiger partial charge is 0.381 e. The van der Waals surface area contributed by atoms with E-state index >= 15 is 0 Å². The normalized spacial score (nSPS) is 29.4. The Labute approximate surface area is 178 Å². The number of amidine groups is 1. The summed E-state index contributed by atoms with van der Waals surface area (Å²) in [6.45, 7) is 11.7.